The lowest BCUT2D eigenvalue weighted by Gasteiger charge is -2.17. The zero-order valence-electron chi connectivity index (χ0n) is 8.54. The third-order valence-corrected chi connectivity index (χ3v) is 2.35. The summed E-state index contributed by atoms with van der Waals surface area (Å²) >= 11 is 5.85. The van der Waals surface area contributed by atoms with Gasteiger partial charge in [0.2, 0.25) is 5.91 Å². The Morgan fingerprint density at radius 1 is 1.56 bits per heavy atom. The number of halogens is 2. The van der Waals surface area contributed by atoms with E-state index in [1.165, 1.54) is 18.2 Å². The highest BCUT2D eigenvalue weighted by Gasteiger charge is 2.11. The number of benzene rings is 1. The molecule has 16 heavy (non-hydrogen) atoms. The molecule has 0 heterocycles. The highest BCUT2D eigenvalue weighted by molar-refractivity contribution is 6.33. The van der Waals surface area contributed by atoms with Crippen LogP contribution in [0.1, 0.15) is 6.42 Å². The number of hydrogen-bond acceptors (Lipinski definition) is 3. The van der Waals surface area contributed by atoms with Crippen molar-refractivity contribution >= 4 is 23.2 Å². The number of amides is 1. The maximum absolute atomic E-state index is 12.9. The van der Waals surface area contributed by atoms with Crippen LogP contribution in [-0.4, -0.2) is 18.5 Å². The Morgan fingerprint density at radius 3 is 2.81 bits per heavy atom. The van der Waals surface area contributed by atoms with Gasteiger partial charge < -0.3 is 16.8 Å². The van der Waals surface area contributed by atoms with Crippen LogP contribution in [0.25, 0.3) is 0 Å². The Bertz CT molecular complexity index is 386. The summed E-state index contributed by atoms with van der Waals surface area (Å²) in [6.07, 6.45) is 0.0728. The zero-order valence-corrected chi connectivity index (χ0v) is 9.30. The molecule has 1 aromatic rings. The summed E-state index contributed by atoms with van der Waals surface area (Å²) in [6, 6.07) is 3.57. The second kappa shape index (κ2) is 5.67. The van der Waals surface area contributed by atoms with Crippen molar-refractivity contribution in [3.63, 3.8) is 0 Å². The van der Waals surface area contributed by atoms with Crippen LogP contribution in [0, 0.1) is 5.82 Å². The van der Waals surface area contributed by atoms with Crippen molar-refractivity contribution in [2.75, 3.05) is 11.9 Å². The first-order valence-electron chi connectivity index (χ1n) is 4.73. The third kappa shape index (κ3) is 3.67. The van der Waals surface area contributed by atoms with Gasteiger partial charge in [0.15, 0.2) is 0 Å². The largest absolute Gasteiger partial charge is 0.379 e. The van der Waals surface area contributed by atoms with Crippen LogP contribution >= 0.6 is 11.6 Å². The van der Waals surface area contributed by atoms with Gasteiger partial charge in [-0.25, -0.2) is 4.39 Å². The molecule has 88 valence electrons. The smallest absolute Gasteiger partial charge is 0.219 e. The van der Waals surface area contributed by atoms with Crippen LogP contribution in [0.5, 0.6) is 0 Å². The summed E-state index contributed by atoms with van der Waals surface area (Å²) in [4.78, 5) is 10.7. The van der Waals surface area contributed by atoms with E-state index in [2.05, 4.69) is 5.32 Å². The predicted octanol–water partition coefficient (Wildman–Crippen LogP) is 1.09. The van der Waals surface area contributed by atoms with Crippen molar-refractivity contribution in [3.8, 4) is 0 Å². The van der Waals surface area contributed by atoms with Gasteiger partial charge in [-0.05, 0) is 18.2 Å². The number of hydrogen-bond donors (Lipinski definition) is 3. The Morgan fingerprint density at radius 2 is 2.25 bits per heavy atom. The number of nitrogens with one attached hydrogen (secondary N) is 1. The van der Waals surface area contributed by atoms with Crippen molar-refractivity contribution in [1.29, 1.82) is 0 Å². The number of anilines is 1. The van der Waals surface area contributed by atoms with E-state index in [0.29, 0.717) is 10.7 Å². The fourth-order valence-corrected chi connectivity index (χ4v) is 1.44. The second-order valence-electron chi connectivity index (χ2n) is 3.37. The Labute approximate surface area is 97.8 Å². The number of carbonyl (C=O) groups excluding carboxylic acids is 1. The van der Waals surface area contributed by atoms with E-state index in [9.17, 15) is 9.18 Å². The van der Waals surface area contributed by atoms with Crippen molar-refractivity contribution in [2.45, 2.75) is 12.5 Å². The molecule has 0 spiro atoms. The number of primary amides is 1. The molecule has 0 aliphatic rings. The Kier molecular flexibility index (Phi) is 4.52. The van der Waals surface area contributed by atoms with E-state index < -0.39 is 11.7 Å². The van der Waals surface area contributed by atoms with Crippen LogP contribution in [0.15, 0.2) is 18.2 Å². The molecule has 0 aromatic heterocycles. The van der Waals surface area contributed by atoms with Gasteiger partial charge in [-0.2, -0.15) is 0 Å². The van der Waals surface area contributed by atoms with Crippen LogP contribution in [-0.2, 0) is 4.79 Å². The van der Waals surface area contributed by atoms with E-state index >= 15 is 0 Å². The van der Waals surface area contributed by atoms with E-state index in [-0.39, 0.29) is 19.0 Å². The van der Waals surface area contributed by atoms with Crippen LogP contribution in [0.4, 0.5) is 10.1 Å². The molecule has 0 fully saturated rings. The molecule has 4 nitrogen and oxygen atoms in total. The van der Waals surface area contributed by atoms with Gasteiger partial charge >= 0.3 is 0 Å². The number of rotatable bonds is 5. The molecule has 1 amide bonds. The average molecular weight is 246 g/mol. The maximum atomic E-state index is 12.9. The molecular weight excluding hydrogens is 233 g/mol. The van der Waals surface area contributed by atoms with Crippen molar-refractivity contribution < 1.29 is 9.18 Å². The zero-order chi connectivity index (χ0) is 12.1. The first-order chi connectivity index (χ1) is 7.52. The number of carbonyl (C=O) groups is 1. The molecule has 1 aromatic carbocycles. The van der Waals surface area contributed by atoms with Gasteiger partial charge in [0.1, 0.15) is 5.82 Å². The van der Waals surface area contributed by atoms with Crippen LogP contribution < -0.4 is 16.8 Å². The minimum Gasteiger partial charge on any atom is -0.379 e. The lowest BCUT2D eigenvalue weighted by atomic mass is 10.2. The number of nitrogens with two attached hydrogens (primary N) is 2. The normalized spacial score (nSPS) is 12.2. The van der Waals surface area contributed by atoms with Gasteiger partial charge in [0, 0.05) is 19.0 Å². The summed E-state index contributed by atoms with van der Waals surface area (Å²) < 4.78 is 12.9. The molecule has 1 unspecified atom stereocenters. The van der Waals surface area contributed by atoms with E-state index in [4.69, 9.17) is 23.1 Å². The molecule has 1 atom stereocenters. The maximum Gasteiger partial charge on any atom is 0.219 e. The minimum absolute atomic E-state index is 0.0728. The molecule has 0 bridgehead atoms. The highest BCUT2D eigenvalue weighted by Crippen LogP contribution is 2.23. The molecule has 0 aliphatic heterocycles. The van der Waals surface area contributed by atoms with Gasteiger partial charge in [-0.15, -0.1) is 0 Å². The van der Waals surface area contributed by atoms with Gasteiger partial charge in [-0.3, -0.25) is 4.79 Å². The van der Waals surface area contributed by atoms with Crippen molar-refractivity contribution in [2.24, 2.45) is 11.5 Å². The Balaban J connectivity index is 2.77. The molecule has 6 heteroatoms. The standard InChI is InChI=1S/C10H13ClFN3O/c11-8-2-1-6(12)3-9(8)15-7(5-13)4-10(14)16/h1-3,7,15H,4-5,13H2,(H2,14,16). The Hall–Kier alpha value is -1.33. The lowest BCUT2D eigenvalue weighted by Crippen LogP contribution is -2.33. The topological polar surface area (TPSA) is 81.1 Å². The lowest BCUT2D eigenvalue weighted by molar-refractivity contribution is -0.118. The third-order valence-electron chi connectivity index (χ3n) is 2.02. The van der Waals surface area contributed by atoms with Crippen LogP contribution in [0.3, 0.4) is 0 Å². The van der Waals surface area contributed by atoms with Crippen molar-refractivity contribution in [3.05, 3.63) is 29.0 Å². The molecule has 0 aliphatic carbocycles. The highest BCUT2D eigenvalue weighted by atomic mass is 35.5. The fourth-order valence-electron chi connectivity index (χ4n) is 1.26. The summed E-state index contributed by atoms with van der Waals surface area (Å²) in [6.45, 7) is 0.204. The van der Waals surface area contributed by atoms with Crippen molar-refractivity contribution in [1.82, 2.24) is 0 Å². The monoisotopic (exact) mass is 245 g/mol. The summed E-state index contributed by atoms with van der Waals surface area (Å²) in [7, 11) is 0. The SMILES string of the molecule is NCC(CC(N)=O)Nc1cc(F)ccc1Cl. The van der Waals surface area contributed by atoms with Crippen LogP contribution in [0.2, 0.25) is 5.02 Å². The summed E-state index contributed by atoms with van der Waals surface area (Å²) in [5.74, 6) is -0.891. The quantitative estimate of drug-likeness (QED) is 0.727. The van der Waals surface area contributed by atoms with Gasteiger partial charge in [0.05, 0.1) is 10.7 Å². The predicted molar refractivity (Wildman–Crippen MR) is 61.7 cm³/mol. The summed E-state index contributed by atoms with van der Waals surface area (Å²) in [5.41, 5.74) is 10.9. The molecular formula is C10H13ClFN3O. The average Bonchev–Trinajstić information content (AvgIpc) is 2.21. The fraction of sp³-hybridized carbons (Fsp3) is 0.300. The first-order valence-corrected chi connectivity index (χ1v) is 5.10. The molecule has 1 rings (SSSR count). The molecule has 0 saturated carbocycles. The summed E-state index contributed by atoms with van der Waals surface area (Å²) in [5, 5.41) is 3.24. The molecule has 0 radical (unpaired) electrons. The van der Waals surface area contributed by atoms with Gasteiger partial charge in [0.25, 0.3) is 0 Å². The molecule has 5 N–H and O–H groups in total. The molecule has 0 saturated heterocycles. The van der Waals surface area contributed by atoms with Gasteiger partial charge in [-0.1, -0.05) is 11.6 Å². The van der Waals surface area contributed by atoms with E-state index in [0.717, 1.165) is 0 Å². The van der Waals surface area contributed by atoms with E-state index in [1.807, 2.05) is 0 Å². The van der Waals surface area contributed by atoms with E-state index in [1.54, 1.807) is 0 Å². The minimum atomic E-state index is -0.476. The second-order valence-corrected chi connectivity index (χ2v) is 3.78. The first kappa shape index (κ1) is 12.7.